The molecular weight excluding hydrogens is 236 g/mol. The Bertz CT molecular complexity index is 704. The molecule has 4 heteroatoms. The van der Waals surface area contributed by atoms with Gasteiger partial charge in [0, 0.05) is 17.8 Å². The van der Waals surface area contributed by atoms with Gasteiger partial charge in [-0.25, -0.2) is 9.97 Å². The standard InChI is InChI=1S/C15H14N4/c1-11-16-9-7-13(19-11)10-18-14-6-2-4-12-5-3-8-17-15(12)14/h2-9,18H,10H2,1H3. The molecule has 1 N–H and O–H groups in total. The molecule has 19 heavy (non-hydrogen) atoms. The van der Waals surface area contributed by atoms with Crippen molar-refractivity contribution in [2.45, 2.75) is 13.5 Å². The third kappa shape index (κ3) is 2.52. The molecule has 0 atom stereocenters. The van der Waals surface area contributed by atoms with Gasteiger partial charge < -0.3 is 5.32 Å². The van der Waals surface area contributed by atoms with Crippen molar-refractivity contribution in [1.29, 1.82) is 0 Å². The van der Waals surface area contributed by atoms with Crippen LogP contribution in [0.2, 0.25) is 0 Å². The number of nitrogens with one attached hydrogen (secondary N) is 1. The maximum Gasteiger partial charge on any atom is 0.125 e. The van der Waals surface area contributed by atoms with Crippen molar-refractivity contribution in [2.75, 3.05) is 5.32 Å². The summed E-state index contributed by atoms with van der Waals surface area (Å²) in [5.41, 5.74) is 2.98. The molecule has 3 rings (SSSR count). The molecule has 0 saturated heterocycles. The van der Waals surface area contributed by atoms with Crippen LogP contribution in [0.25, 0.3) is 10.9 Å². The Balaban J connectivity index is 1.86. The molecule has 0 saturated carbocycles. The number of anilines is 1. The molecule has 4 nitrogen and oxygen atoms in total. The summed E-state index contributed by atoms with van der Waals surface area (Å²) >= 11 is 0. The lowest BCUT2D eigenvalue weighted by Crippen LogP contribution is -2.03. The smallest absolute Gasteiger partial charge is 0.125 e. The van der Waals surface area contributed by atoms with E-state index in [1.807, 2.05) is 37.4 Å². The van der Waals surface area contributed by atoms with Crippen molar-refractivity contribution < 1.29 is 0 Å². The highest BCUT2D eigenvalue weighted by Gasteiger charge is 2.02. The number of aromatic nitrogens is 3. The Hall–Kier alpha value is -2.49. The topological polar surface area (TPSA) is 50.7 Å². The minimum Gasteiger partial charge on any atom is -0.378 e. The maximum absolute atomic E-state index is 4.42. The predicted octanol–water partition coefficient (Wildman–Crippen LogP) is 2.95. The lowest BCUT2D eigenvalue weighted by molar-refractivity contribution is 0.956. The SMILES string of the molecule is Cc1nccc(CNc2cccc3cccnc23)n1. The monoisotopic (exact) mass is 250 g/mol. The van der Waals surface area contributed by atoms with Gasteiger partial charge in [0.25, 0.3) is 0 Å². The second-order valence-corrected chi connectivity index (χ2v) is 4.33. The number of pyridine rings is 1. The van der Waals surface area contributed by atoms with Crippen molar-refractivity contribution in [3.05, 3.63) is 60.3 Å². The first-order valence-electron chi connectivity index (χ1n) is 6.19. The van der Waals surface area contributed by atoms with Gasteiger partial charge in [0.15, 0.2) is 0 Å². The van der Waals surface area contributed by atoms with Gasteiger partial charge in [-0.1, -0.05) is 18.2 Å². The Morgan fingerprint density at radius 3 is 2.79 bits per heavy atom. The van der Waals surface area contributed by atoms with Gasteiger partial charge in [-0.05, 0) is 25.1 Å². The molecule has 0 spiro atoms. The van der Waals surface area contributed by atoms with Crippen molar-refractivity contribution in [3.8, 4) is 0 Å². The number of fused-ring (bicyclic) bond motifs is 1. The van der Waals surface area contributed by atoms with Crippen LogP contribution in [-0.2, 0) is 6.54 Å². The molecule has 0 aliphatic carbocycles. The van der Waals surface area contributed by atoms with E-state index in [2.05, 4.69) is 32.4 Å². The molecule has 1 aromatic carbocycles. The number of nitrogens with zero attached hydrogens (tertiary/aromatic N) is 3. The molecule has 0 amide bonds. The van der Waals surface area contributed by atoms with Gasteiger partial charge in [0.1, 0.15) is 5.82 Å². The highest BCUT2D eigenvalue weighted by Crippen LogP contribution is 2.20. The molecule has 0 bridgehead atoms. The quantitative estimate of drug-likeness (QED) is 0.776. The molecule has 94 valence electrons. The van der Waals surface area contributed by atoms with Gasteiger partial charge in [-0.3, -0.25) is 4.98 Å². The Morgan fingerprint density at radius 2 is 1.89 bits per heavy atom. The van der Waals surface area contributed by atoms with Gasteiger partial charge in [0.2, 0.25) is 0 Å². The zero-order chi connectivity index (χ0) is 13.1. The molecule has 2 heterocycles. The summed E-state index contributed by atoms with van der Waals surface area (Å²) in [4.78, 5) is 12.9. The van der Waals surface area contributed by atoms with Crippen LogP contribution in [0.3, 0.4) is 0 Å². The summed E-state index contributed by atoms with van der Waals surface area (Å²) in [5.74, 6) is 0.787. The highest BCUT2D eigenvalue weighted by atomic mass is 14.9. The van der Waals surface area contributed by atoms with Crippen LogP contribution in [0, 0.1) is 6.92 Å². The van der Waals surface area contributed by atoms with E-state index < -0.39 is 0 Å². The number of rotatable bonds is 3. The summed E-state index contributed by atoms with van der Waals surface area (Å²) in [7, 11) is 0. The van der Waals surface area contributed by atoms with Crippen LogP contribution in [0.1, 0.15) is 11.5 Å². The fraction of sp³-hybridized carbons (Fsp3) is 0.133. The first-order chi connectivity index (χ1) is 9.33. The molecule has 0 aliphatic heterocycles. The molecular formula is C15H14N4. The Kier molecular flexibility index (Phi) is 3.06. The van der Waals surface area contributed by atoms with Gasteiger partial charge in [0.05, 0.1) is 23.4 Å². The summed E-state index contributed by atoms with van der Waals surface area (Å²) in [6.07, 6.45) is 3.59. The van der Waals surface area contributed by atoms with Crippen molar-refractivity contribution in [3.63, 3.8) is 0 Å². The largest absolute Gasteiger partial charge is 0.378 e. The van der Waals surface area contributed by atoms with E-state index in [0.717, 1.165) is 28.1 Å². The van der Waals surface area contributed by atoms with E-state index in [1.165, 1.54) is 0 Å². The minimum absolute atomic E-state index is 0.666. The van der Waals surface area contributed by atoms with E-state index in [4.69, 9.17) is 0 Å². The summed E-state index contributed by atoms with van der Waals surface area (Å²) in [6, 6.07) is 12.0. The molecule has 2 aromatic heterocycles. The third-order valence-corrected chi connectivity index (χ3v) is 2.93. The number of aryl methyl sites for hydroxylation is 1. The second-order valence-electron chi connectivity index (χ2n) is 4.33. The number of hydrogen-bond donors (Lipinski definition) is 1. The minimum atomic E-state index is 0.666. The van der Waals surface area contributed by atoms with Crippen molar-refractivity contribution in [2.24, 2.45) is 0 Å². The van der Waals surface area contributed by atoms with Crippen LogP contribution in [0.15, 0.2) is 48.8 Å². The van der Waals surface area contributed by atoms with Crippen molar-refractivity contribution >= 4 is 16.6 Å². The van der Waals surface area contributed by atoms with Crippen LogP contribution in [-0.4, -0.2) is 15.0 Å². The fourth-order valence-corrected chi connectivity index (χ4v) is 2.04. The predicted molar refractivity (Wildman–Crippen MR) is 75.8 cm³/mol. The summed E-state index contributed by atoms with van der Waals surface area (Å²) < 4.78 is 0. The third-order valence-electron chi connectivity index (χ3n) is 2.93. The number of para-hydroxylation sites is 1. The van der Waals surface area contributed by atoms with Crippen LogP contribution in [0.4, 0.5) is 5.69 Å². The maximum atomic E-state index is 4.42. The first kappa shape index (κ1) is 11.6. The fourth-order valence-electron chi connectivity index (χ4n) is 2.04. The van der Waals surface area contributed by atoms with E-state index >= 15 is 0 Å². The normalized spacial score (nSPS) is 10.6. The average Bonchev–Trinajstić information content (AvgIpc) is 2.45. The first-order valence-corrected chi connectivity index (χ1v) is 6.19. The van der Waals surface area contributed by atoms with Crippen LogP contribution in [0.5, 0.6) is 0 Å². The molecule has 0 radical (unpaired) electrons. The van der Waals surface area contributed by atoms with Gasteiger partial charge in [-0.15, -0.1) is 0 Å². The van der Waals surface area contributed by atoms with E-state index in [0.29, 0.717) is 6.54 Å². The zero-order valence-electron chi connectivity index (χ0n) is 10.7. The average molecular weight is 250 g/mol. The number of benzene rings is 1. The lowest BCUT2D eigenvalue weighted by Gasteiger charge is -2.08. The van der Waals surface area contributed by atoms with E-state index in [9.17, 15) is 0 Å². The highest BCUT2D eigenvalue weighted by molar-refractivity contribution is 5.90. The van der Waals surface area contributed by atoms with Crippen LogP contribution < -0.4 is 5.32 Å². The second kappa shape index (κ2) is 5.02. The molecule has 0 fully saturated rings. The molecule has 0 unspecified atom stereocenters. The van der Waals surface area contributed by atoms with E-state index in [1.54, 1.807) is 6.20 Å². The van der Waals surface area contributed by atoms with Crippen molar-refractivity contribution in [1.82, 2.24) is 15.0 Å². The van der Waals surface area contributed by atoms with Gasteiger partial charge >= 0.3 is 0 Å². The molecule has 0 aliphatic rings. The Labute approximate surface area is 111 Å². The Morgan fingerprint density at radius 1 is 1.00 bits per heavy atom. The summed E-state index contributed by atoms with van der Waals surface area (Å²) in [5, 5.41) is 4.51. The zero-order valence-corrected chi connectivity index (χ0v) is 10.7. The van der Waals surface area contributed by atoms with Gasteiger partial charge in [-0.2, -0.15) is 0 Å². The number of hydrogen-bond acceptors (Lipinski definition) is 4. The molecule has 3 aromatic rings. The van der Waals surface area contributed by atoms with E-state index in [-0.39, 0.29) is 0 Å². The summed E-state index contributed by atoms with van der Waals surface area (Å²) in [6.45, 7) is 2.56. The van der Waals surface area contributed by atoms with Crippen LogP contribution >= 0.6 is 0 Å². The lowest BCUT2D eigenvalue weighted by atomic mass is 10.2.